The molecule has 0 aromatic heterocycles. The Hall–Kier alpha value is -3.42. The van der Waals surface area contributed by atoms with Crippen LogP contribution in [0.4, 0.5) is 15.8 Å². The molecule has 1 N–H and O–H groups in total. The second-order valence-corrected chi connectivity index (χ2v) is 6.28. The zero-order chi connectivity index (χ0) is 20.3. The van der Waals surface area contributed by atoms with E-state index in [1.54, 1.807) is 24.3 Å². The second-order valence-electron chi connectivity index (χ2n) is 6.28. The lowest BCUT2D eigenvalue weighted by molar-refractivity contribution is -0.160. The summed E-state index contributed by atoms with van der Waals surface area (Å²) in [6.45, 7) is 2.76. The third kappa shape index (κ3) is 4.28. The van der Waals surface area contributed by atoms with Crippen LogP contribution >= 0.6 is 0 Å². The third-order valence-electron chi connectivity index (χ3n) is 4.17. The zero-order valence-corrected chi connectivity index (χ0v) is 15.3. The highest BCUT2D eigenvalue weighted by Gasteiger charge is 2.35. The maximum atomic E-state index is 13.2. The number of rotatable bonds is 4. The molecule has 2 amide bonds. The summed E-state index contributed by atoms with van der Waals surface area (Å²) in [6, 6.07) is 12.2. The van der Waals surface area contributed by atoms with Crippen LogP contribution in [-0.4, -0.2) is 36.5 Å². The molecule has 0 unspecified atom stereocenters. The average molecular weight is 386 g/mol. The molecule has 0 spiro atoms. The van der Waals surface area contributed by atoms with Crippen LogP contribution in [0.5, 0.6) is 5.75 Å². The van der Waals surface area contributed by atoms with E-state index in [9.17, 15) is 18.8 Å². The first kappa shape index (κ1) is 19.3. The van der Waals surface area contributed by atoms with Crippen LogP contribution in [0.2, 0.25) is 0 Å². The number of carbonyl (C=O) groups is 3. The number of para-hydroxylation sites is 2. The SMILES string of the molecule is CC(=O)N1C[C@H](C(=O)O[C@H](C)C(=O)Nc2cccc(F)c2)Oc2ccccc21. The third-order valence-corrected chi connectivity index (χ3v) is 4.17. The van der Waals surface area contributed by atoms with E-state index < -0.39 is 29.9 Å². The number of benzene rings is 2. The number of esters is 1. The van der Waals surface area contributed by atoms with Gasteiger partial charge in [0.2, 0.25) is 12.0 Å². The van der Waals surface area contributed by atoms with Gasteiger partial charge in [0.1, 0.15) is 11.6 Å². The molecule has 2 atom stereocenters. The molecular formula is C20H19FN2O5. The van der Waals surface area contributed by atoms with E-state index in [4.69, 9.17) is 9.47 Å². The molecule has 146 valence electrons. The summed E-state index contributed by atoms with van der Waals surface area (Å²) in [6.07, 6.45) is -2.20. The number of amides is 2. The second kappa shape index (κ2) is 8.08. The number of fused-ring (bicyclic) bond motifs is 1. The van der Waals surface area contributed by atoms with E-state index in [0.717, 1.165) is 6.07 Å². The van der Waals surface area contributed by atoms with Gasteiger partial charge in [-0.1, -0.05) is 18.2 Å². The van der Waals surface area contributed by atoms with E-state index in [1.807, 2.05) is 0 Å². The Morgan fingerprint density at radius 1 is 1.21 bits per heavy atom. The maximum Gasteiger partial charge on any atom is 0.350 e. The molecule has 8 heteroatoms. The van der Waals surface area contributed by atoms with Crippen LogP contribution in [0.1, 0.15) is 13.8 Å². The van der Waals surface area contributed by atoms with E-state index in [2.05, 4.69) is 5.32 Å². The fourth-order valence-electron chi connectivity index (χ4n) is 2.77. The number of nitrogens with one attached hydrogen (secondary N) is 1. The lowest BCUT2D eigenvalue weighted by Crippen LogP contribution is -2.48. The number of halogens is 1. The van der Waals surface area contributed by atoms with Crippen molar-refractivity contribution < 1.29 is 28.2 Å². The number of anilines is 2. The summed E-state index contributed by atoms with van der Waals surface area (Å²) in [5.41, 5.74) is 0.814. The Kier molecular flexibility index (Phi) is 5.58. The molecule has 0 aliphatic carbocycles. The zero-order valence-electron chi connectivity index (χ0n) is 15.3. The Morgan fingerprint density at radius 2 is 1.96 bits per heavy atom. The largest absolute Gasteiger partial charge is 0.475 e. The molecular weight excluding hydrogens is 367 g/mol. The van der Waals surface area contributed by atoms with Gasteiger partial charge in [0.15, 0.2) is 6.10 Å². The summed E-state index contributed by atoms with van der Waals surface area (Å²) >= 11 is 0. The molecule has 2 aromatic carbocycles. The van der Waals surface area contributed by atoms with Crippen molar-refractivity contribution in [1.29, 1.82) is 0 Å². The smallest absolute Gasteiger partial charge is 0.350 e. The fraction of sp³-hybridized carbons (Fsp3) is 0.250. The fourth-order valence-corrected chi connectivity index (χ4v) is 2.77. The Balaban J connectivity index is 1.65. The summed E-state index contributed by atoms with van der Waals surface area (Å²) in [4.78, 5) is 38.0. The molecule has 0 fully saturated rings. The van der Waals surface area contributed by atoms with Crippen LogP contribution in [0.25, 0.3) is 0 Å². The number of hydrogen-bond acceptors (Lipinski definition) is 5. The Morgan fingerprint density at radius 3 is 2.68 bits per heavy atom. The van der Waals surface area contributed by atoms with Crippen LogP contribution in [0.15, 0.2) is 48.5 Å². The monoisotopic (exact) mass is 386 g/mol. The highest BCUT2D eigenvalue weighted by atomic mass is 19.1. The highest BCUT2D eigenvalue weighted by Crippen LogP contribution is 2.33. The van der Waals surface area contributed by atoms with Gasteiger partial charge in [-0.3, -0.25) is 9.59 Å². The van der Waals surface area contributed by atoms with E-state index in [0.29, 0.717) is 11.4 Å². The lowest BCUT2D eigenvalue weighted by atomic mass is 10.2. The minimum absolute atomic E-state index is 0.0244. The molecule has 3 rings (SSSR count). The average Bonchev–Trinajstić information content (AvgIpc) is 2.66. The number of ether oxygens (including phenoxy) is 2. The number of hydrogen-bond donors (Lipinski definition) is 1. The first-order chi connectivity index (χ1) is 13.3. The van der Waals surface area contributed by atoms with Crippen LogP contribution in [-0.2, 0) is 19.1 Å². The van der Waals surface area contributed by atoms with Crippen molar-refractivity contribution in [2.45, 2.75) is 26.1 Å². The van der Waals surface area contributed by atoms with Crippen molar-refractivity contribution in [2.75, 3.05) is 16.8 Å². The first-order valence-electron chi connectivity index (χ1n) is 8.66. The minimum atomic E-state index is -1.14. The Labute approximate surface area is 161 Å². The van der Waals surface area contributed by atoms with Gasteiger partial charge in [-0.2, -0.15) is 0 Å². The number of nitrogens with zero attached hydrogens (tertiary/aromatic N) is 1. The van der Waals surface area contributed by atoms with Crippen molar-refractivity contribution >= 4 is 29.2 Å². The predicted octanol–water partition coefficient (Wildman–Crippen LogP) is 2.51. The molecule has 0 radical (unpaired) electrons. The molecule has 0 bridgehead atoms. The van der Waals surface area contributed by atoms with Gasteiger partial charge in [0.25, 0.3) is 5.91 Å². The van der Waals surface area contributed by atoms with Crippen molar-refractivity contribution in [2.24, 2.45) is 0 Å². The molecule has 1 aliphatic rings. The molecule has 1 heterocycles. The minimum Gasteiger partial charge on any atom is -0.475 e. The van der Waals surface area contributed by atoms with Crippen LogP contribution in [0, 0.1) is 5.82 Å². The molecule has 2 aromatic rings. The van der Waals surface area contributed by atoms with Gasteiger partial charge in [-0.15, -0.1) is 0 Å². The molecule has 0 saturated carbocycles. The van der Waals surface area contributed by atoms with Crippen molar-refractivity contribution in [3.63, 3.8) is 0 Å². The van der Waals surface area contributed by atoms with Gasteiger partial charge in [0.05, 0.1) is 12.2 Å². The summed E-state index contributed by atoms with van der Waals surface area (Å²) in [7, 11) is 0. The lowest BCUT2D eigenvalue weighted by Gasteiger charge is -2.33. The normalized spacial score (nSPS) is 16.4. The Bertz CT molecular complexity index is 917. The number of carbonyl (C=O) groups excluding carboxylic acids is 3. The molecule has 0 saturated heterocycles. The van der Waals surface area contributed by atoms with E-state index in [-0.39, 0.29) is 18.1 Å². The van der Waals surface area contributed by atoms with Gasteiger partial charge in [-0.25, -0.2) is 9.18 Å². The molecule has 1 aliphatic heterocycles. The summed E-state index contributed by atoms with van der Waals surface area (Å²) in [5, 5.41) is 2.47. The van der Waals surface area contributed by atoms with Crippen molar-refractivity contribution in [3.8, 4) is 5.75 Å². The van der Waals surface area contributed by atoms with Gasteiger partial charge in [-0.05, 0) is 37.3 Å². The van der Waals surface area contributed by atoms with Crippen LogP contribution < -0.4 is 15.0 Å². The van der Waals surface area contributed by atoms with Gasteiger partial charge < -0.3 is 19.7 Å². The highest BCUT2D eigenvalue weighted by molar-refractivity contribution is 5.97. The van der Waals surface area contributed by atoms with Gasteiger partial charge >= 0.3 is 5.97 Å². The maximum absolute atomic E-state index is 13.2. The van der Waals surface area contributed by atoms with Crippen molar-refractivity contribution in [1.82, 2.24) is 0 Å². The quantitative estimate of drug-likeness (QED) is 0.817. The van der Waals surface area contributed by atoms with E-state index >= 15 is 0 Å². The van der Waals surface area contributed by atoms with E-state index in [1.165, 1.54) is 36.9 Å². The van der Waals surface area contributed by atoms with Crippen LogP contribution in [0.3, 0.4) is 0 Å². The first-order valence-corrected chi connectivity index (χ1v) is 8.66. The standard InChI is InChI=1S/C20H19FN2O5/c1-12(19(25)22-15-7-5-6-14(21)10-15)27-20(26)18-11-23(13(2)24)16-8-3-4-9-17(16)28-18/h3-10,12,18H,11H2,1-2H3,(H,22,25)/t12-,18-/m1/s1. The van der Waals surface area contributed by atoms with Gasteiger partial charge in [0, 0.05) is 12.6 Å². The van der Waals surface area contributed by atoms with Crippen molar-refractivity contribution in [3.05, 3.63) is 54.3 Å². The predicted molar refractivity (Wildman–Crippen MR) is 99.5 cm³/mol. The summed E-state index contributed by atoms with van der Waals surface area (Å²) in [5.74, 6) is -1.75. The molecule has 28 heavy (non-hydrogen) atoms. The molecule has 7 nitrogen and oxygen atoms in total. The summed E-state index contributed by atoms with van der Waals surface area (Å²) < 4.78 is 24.0. The topological polar surface area (TPSA) is 84.9 Å².